The highest BCUT2D eigenvalue weighted by atomic mass is 16.3. The Balaban J connectivity index is 2.35. The molecule has 2 rings (SSSR count). The lowest BCUT2D eigenvalue weighted by molar-refractivity contribution is 0.476. The van der Waals surface area contributed by atoms with Crippen molar-refractivity contribution in [3.8, 4) is 5.75 Å². The van der Waals surface area contributed by atoms with Crippen LogP contribution in [0.25, 0.3) is 0 Å². The Bertz CT molecular complexity index is 360. The summed E-state index contributed by atoms with van der Waals surface area (Å²) in [7, 11) is 0. The quantitative estimate of drug-likeness (QED) is 0.772. The summed E-state index contributed by atoms with van der Waals surface area (Å²) >= 11 is 0. The third kappa shape index (κ3) is 1.58. The molecule has 1 aliphatic heterocycles. The van der Waals surface area contributed by atoms with Crippen molar-refractivity contribution >= 4 is 12.0 Å². The zero-order valence-electron chi connectivity index (χ0n) is 8.27. The van der Waals surface area contributed by atoms with E-state index in [1.807, 2.05) is 17.0 Å². The molecular formula is C11H14N2O. The van der Waals surface area contributed by atoms with Gasteiger partial charge in [0.2, 0.25) is 0 Å². The van der Waals surface area contributed by atoms with Gasteiger partial charge in [-0.15, -0.1) is 0 Å². The van der Waals surface area contributed by atoms with Gasteiger partial charge in [0.05, 0.1) is 18.6 Å². The van der Waals surface area contributed by atoms with Gasteiger partial charge in [-0.3, -0.25) is 4.99 Å². The fraction of sp³-hybridized carbons (Fsp3) is 0.364. The van der Waals surface area contributed by atoms with Gasteiger partial charge >= 0.3 is 0 Å². The van der Waals surface area contributed by atoms with Crippen LogP contribution in [0.4, 0.5) is 5.69 Å². The summed E-state index contributed by atoms with van der Waals surface area (Å²) in [5, 5.41) is 9.69. The summed E-state index contributed by atoms with van der Waals surface area (Å²) in [4.78, 5) is 6.11. The molecule has 0 atom stereocenters. The van der Waals surface area contributed by atoms with Crippen LogP contribution >= 0.6 is 0 Å². The van der Waals surface area contributed by atoms with Gasteiger partial charge in [-0.1, -0.05) is 13.0 Å². The molecule has 0 aromatic heterocycles. The highest BCUT2D eigenvalue weighted by Gasteiger charge is 2.12. The number of nitrogens with zero attached hydrogens (tertiary/aromatic N) is 2. The van der Waals surface area contributed by atoms with Crippen molar-refractivity contribution in [3.63, 3.8) is 0 Å². The summed E-state index contributed by atoms with van der Waals surface area (Å²) in [5.41, 5.74) is 2.10. The SMILES string of the molecule is CCc1ccc(O)c(N2C=NCC2)c1. The molecule has 3 heteroatoms. The van der Waals surface area contributed by atoms with Crippen LogP contribution in [-0.2, 0) is 6.42 Å². The zero-order chi connectivity index (χ0) is 9.97. The number of anilines is 1. The smallest absolute Gasteiger partial charge is 0.139 e. The van der Waals surface area contributed by atoms with Gasteiger partial charge in [-0.2, -0.15) is 0 Å². The number of aromatic hydroxyl groups is 1. The van der Waals surface area contributed by atoms with Crippen LogP contribution in [0, 0.1) is 0 Å². The number of hydrogen-bond donors (Lipinski definition) is 1. The van der Waals surface area contributed by atoms with E-state index in [0.29, 0.717) is 5.75 Å². The molecule has 0 radical (unpaired) electrons. The first-order valence-electron chi connectivity index (χ1n) is 4.89. The van der Waals surface area contributed by atoms with Gasteiger partial charge in [0, 0.05) is 6.54 Å². The van der Waals surface area contributed by atoms with Crippen LogP contribution in [0.5, 0.6) is 5.75 Å². The standard InChI is InChI=1S/C11H14N2O/c1-2-9-3-4-11(14)10(7-9)13-6-5-12-8-13/h3-4,7-8,14H,2,5-6H2,1H3. The molecule has 3 nitrogen and oxygen atoms in total. The van der Waals surface area contributed by atoms with Gasteiger partial charge in [0.25, 0.3) is 0 Å². The minimum Gasteiger partial charge on any atom is -0.506 e. The molecule has 0 bridgehead atoms. The fourth-order valence-corrected chi connectivity index (χ4v) is 1.58. The zero-order valence-corrected chi connectivity index (χ0v) is 8.27. The maximum Gasteiger partial charge on any atom is 0.139 e. The van der Waals surface area contributed by atoms with Crippen LogP contribution in [-0.4, -0.2) is 24.5 Å². The van der Waals surface area contributed by atoms with Crippen molar-refractivity contribution < 1.29 is 5.11 Å². The Morgan fingerprint density at radius 2 is 2.36 bits per heavy atom. The third-order valence-corrected chi connectivity index (χ3v) is 2.45. The van der Waals surface area contributed by atoms with Gasteiger partial charge in [-0.25, -0.2) is 0 Å². The summed E-state index contributed by atoms with van der Waals surface area (Å²) in [6.45, 7) is 3.78. The number of aliphatic imine (C=N–C) groups is 1. The maximum atomic E-state index is 9.69. The second-order valence-electron chi connectivity index (χ2n) is 3.39. The predicted octanol–water partition coefficient (Wildman–Crippen LogP) is 1.80. The molecule has 1 aliphatic rings. The largest absolute Gasteiger partial charge is 0.506 e. The number of phenolic OH excluding ortho intramolecular Hbond substituents is 1. The van der Waals surface area contributed by atoms with Crippen molar-refractivity contribution in [1.82, 2.24) is 0 Å². The normalized spacial score (nSPS) is 15.1. The molecule has 0 amide bonds. The molecule has 1 heterocycles. The highest BCUT2D eigenvalue weighted by Crippen LogP contribution is 2.28. The predicted molar refractivity (Wildman–Crippen MR) is 58.2 cm³/mol. The van der Waals surface area contributed by atoms with E-state index in [1.165, 1.54) is 5.56 Å². The lowest BCUT2D eigenvalue weighted by Gasteiger charge is -2.16. The molecule has 1 N–H and O–H groups in total. The first kappa shape index (κ1) is 9.06. The van der Waals surface area contributed by atoms with E-state index >= 15 is 0 Å². The average Bonchev–Trinajstić information content (AvgIpc) is 2.71. The highest BCUT2D eigenvalue weighted by molar-refractivity contribution is 5.83. The van der Waals surface area contributed by atoms with E-state index in [2.05, 4.69) is 11.9 Å². The topological polar surface area (TPSA) is 35.8 Å². The van der Waals surface area contributed by atoms with Gasteiger partial charge in [-0.05, 0) is 24.1 Å². The molecule has 0 saturated carbocycles. The third-order valence-electron chi connectivity index (χ3n) is 2.45. The maximum absolute atomic E-state index is 9.69. The van der Waals surface area contributed by atoms with E-state index in [1.54, 1.807) is 12.4 Å². The van der Waals surface area contributed by atoms with Crippen LogP contribution in [0.1, 0.15) is 12.5 Å². The van der Waals surface area contributed by atoms with E-state index < -0.39 is 0 Å². The Morgan fingerprint density at radius 3 is 3.00 bits per heavy atom. The first-order chi connectivity index (χ1) is 6.81. The number of hydrogen-bond acceptors (Lipinski definition) is 3. The first-order valence-corrected chi connectivity index (χ1v) is 4.89. The van der Waals surface area contributed by atoms with Gasteiger partial charge in [0.1, 0.15) is 5.75 Å². The second-order valence-corrected chi connectivity index (χ2v) is 3.39. The molecule has 0 unspecified atom stereocenters. The molecule has 1 aromatic rings. The van der Waals surface area contributed by atoms with Gasteiger partial charge < -0.3 is 10.0 Å². The number of benzene rings is 1. The Labute approximate surface area is 83.7 Å². The molecule has 74 valence electrons. The molecule has 1 aromatic carbocycles. The summed E-state index contributed by atoms with van der Waals surface area (Å²) in [6, 6.07) is 5.72. The summed E-state index contributed by atoms with van der Waals surface area (Å²) in [6.07, 6.45) is 2.77. The van der Waals surface area contributed by atoms with E-state index in [9.17, 15) is 5.11 Å². The Kier molecular flexibility index (Phi) is 2.39. The molecule has 0 spiro atoms. The van der Waals surface area contributed by atoms with Crippen molar-refractivity contribution in [2.75, 3.05) is 18.0 Å². The van der Waals surface area contributed by atoms with Crippen LogP contribution in [0.2, 0.25) is 0 Å². The monoisotopic (exact) mass is 190 g/mol. The van der Waals surface area contributed by atoms with Crippen molar-refractivity contribution in [2.45, 2.75) is 13.3 Å². The molecule has 0 fully saturated rings. The molecule has 0 saturated heterocycles. The minimum atomic E-state index is 0.329. The van der Waals surface area contributed by atoms with Crippen LogP contribution in [0.3, 0.4) is 0 Å². The number of aryl methyl sites for hydroxylation is 1. The molecule has 0 aliphatic carbocycles. The Hall–Kier alpha value is -1.51. The van der Waals surface area contributed by atoms with Crippen molar-refractivity contribution in [3.05, 3.63) is 23.8 Å². The lowest BCUT2D eigenvalue weighted by atomic mass is 10.1. The number of rotatable bonds is 2. The van der Waals surface area contributed by atoms with E-state index in [4.69, 9.17) is 0 Å². The summed E-state index contributed by atoms with van der Waals surface area (Å²) < 4.78 is 0. The van der Waals surface area contributed by atoms with Crippen LogP contribution in [0.15, 0.2) is 23.2 Å². The molecule has 14 heavy (non-hydrogen) atoms. The Morgan fingerprint density at radius 1 is 1.50 bits per heavy atom. The second kappa shape index (κ2) is 3.70. The van der Waals surface area contributed by atoms with Crippen LogP contribution < -0.4 is 4.90 Å². The summed E-state index contributed by atoms with van der Waals surface area (Å²) in [5.74, 6) is 0.329. The van der Waals surface area contributed by atoms with E-state index in [0.717, 1.165) is 25.2 Å². The van der Waals surface area contributed by atoms with E-state index in [-0.39, 0.29) is 0 Å². The number of phenols is 1. The van der Waals surface area contributed by atoms with Crippen molar-refractivity contribution in [1.29, 1.82) is 0 Å². The van der Waals surface area contributed by atoms with Crippen molar-refractivity contribution in [2.24, 2.45) is 4.99 Å². The molecular weight excluding hydrogens is 176 g/mol. The fourth-order valence-electron chi connectivity index (χ4n) is 1.58. The lowest BCUT2D eigenvalue weighted by Crippen LogP contribution is -2.18. The minimum absolute atomic E-state index is 0.329. The average molecular weight is 190 g/mol. The van der Waals surface area contributed by atoms with Gasteiger partial charge in [0.15, 0.2) is 0 Å².